The first-order valence-corrected chi connectivity index (χ1v) is 5.41. The van der Waals surface area contributed by atoms with E-state index in [2.05, 4.69) is 5.32 Å². The van der Waals surface area contributed by atoms with Crippen molar-refractivity contribution in [1.29, 1.82) is 0 Å². The summed E-state index contributed by atoms with van der Waals surface area (Å²) in [5.74, 6) is 0.234. The molecule has 0 saturated heterocycles. The molecule has 0 atom stereocenters. The Morgan fingerprint density at radius 3 is 3.12 bits per heavy atom. The van der Waals surface area contributed by atoms with Gasteiger partial charge in [-0.05, 0) is 6.42 Å². The maximum Gasteiger partial charge on any atom is 0.371 e. The molecule has 0 spiro atoms. The van der Waals surface area contributed by atoms with Crippen molar-refractivity contribution >= 4 is 11.7 Å². The van der Waals surface area contributed by atoms with Gasteiger partial charge in [-0.25, -0.2) is 4.79 Å². The fourth-order valence-corrected chi connectivity index (χ4v) is 2.09. The van der Waals surface area contributed by atoms with Crippen LogP contribution in [-0.2, 0) is 13.0 Å². The highest BCUT2D eigenvalue weighted by molar-refractivity contribution is 5.90. The summed E-state index contributed by atoms with van der Waals surface area (Å²) < 4.78 is 10.8. The predicted molar refractivity (Wildman–Crippen MR) is 60.1 cm³/mol. The minimum atomic E-state index is -1.07. The number of carboxylic acids is 1. The van der Waals surface area contributed by atoms with Gasteiger partial charge in [-0.15, -0.1) is 0 Å². The van der Waals surface area contributed by atoms with Crippen molar-refractivity contribution in [3.8, 4) is 11.3 Å². The molecule has 1 aliphatic rings. The molecule has 0 fully saturated rings. The monoisotopic (exact) mass is 233 g/mol. The van der Waals surface area contributed by atoms with Crippen LogP contribution in [0.4, 0.5) is 5.69 Å². The Labute approximate surface area is 97.0 Å². The second kappa shape index (κ2) is 3.41. The highest BCUT2D eigenvalue weighted by Gasteiger charge is 2.27. The summed E-state index contributed by atoms with van der Waals surface area (Å²) in [6.45, 7) is 2.58. The van der Waals surface area contributed by atoms with E-state index in [1.807, 2.05) is 6.92 Å². The first-order chi connectivity index (χ1) is 8.20. The molecule has 0 aliphatic carbocycles. The molecule has 0 aromatic carbocycles. The van der Waals surface area contributed by atoms with Gasteiger partial charge in [-0.3, -0.25) is 0 Å². The minimum absolute atomic E-state index is 0.0568. The van der Waals surface area contributed by atoms with E-state index in [0.29, 0.717) is 18.0 Å². The number of nitrogens with one attached hydrogen (secondary N) is 1. The molecule has 0 amide bonds. The Kier molecular flexibility index (Phi) is 2.01. The lowest BCUT2D eigenvalue weighted by molar-refractivity contribution is 0.0663. The van der Waals surface area contributed by atoms with Gasteiger partial charge in [-0.2, -0.15) is 0 Å². The number of furan rings is 2. The molecule has 0 bridgehead atoms. The molecule has 88 valence electrons. The summed E-state index contributed by atoms with van der Waals surface area (Å²) in [6.07, 6.45) is 2.52. The Bertz CT molecular complexity index is 580. The number of anilines is 1. The van der Waals surface area contributed by atoms with E-state index < -0.39 is 5.97 Å². The van der Waals surface area contributed by atoms with Crippen LogP contribution in [0.3, 0.4) is 0 Å². The summed E-state index contributed by atoms with van der Waals surface area (Å²) in [6, 6.07) is 1.51. The average molecular weight is 233 g/mol. The second-order valence-electron chi connectivity index (χ2n) is 3.92. The number of carbonyl (C=O) groups is 1. The maximum atomic E-state index is 10.9. The van der Waals surface area contributed by atoms with E-state index in [4.69, 9.17) is 13.9 Å². The van der Waals surface area contributed by atoms with E-state index >= 15 is 0 Å². The largest absolute Gasteiger partial charge is 0.475 e. The minimum Gasteiger partial charge on any atom is -0.475 e. The second-order valence-corrected chi connectivity index (χ2v) is 3.92. The van der Waals surface area contributed by atoms with Gasteiger partial charge in [0, 0.05) is 11.6 Å². The quantitative estimate of drug-likeness (QED) is 0.834. The van der Waals surface area contributed by atoms with Crippen LogP contribution in [0.15, 0.2) is 21.2 Å². The normalized spacial score (nSPS) is 12.8. The van der Waals surface area contributed by atoms with Crippen LogP contribution in [0, 0.1) is 0 Å². The van der Waals surface area contributed by atoms with Crippen LogP contribution < -0.4 is 5.32 Å². The lowest BCUT2D eigenvalue weighted by Crippen LogP contribution is -2.05. The summed E-state index contributed by atoms with van der Waals surface area (Å²) in [5, 5.41) is 12.0. The van der Waals surface area contributed by atoms with Crippen LogP contribution >= 0.6 is 0 Å². The van der Waals surface area contributed by atoms with Crippen molar-refractivity contribution in [1.82, 2.24) is 0 Å². The number of aryl methyl sites for hydroxylation is 1. The van der Waals surface area contributed by atoms with E-state index in [-0.39, 0.29) is 5.76 Å². The fraction of sp³-hybridized carbons (Fsp3) is 0.250. The van der Waals surface area contributed by atoms with Crippen molar-refractivity contribution in [3.05, 3.63) is 29.4 Å². The molecular formula is C12H11NO4. The van der Waals surface area contributed by atoms with Crippen LogP contribution in [-0.4, -0.2) is 11.1 Å². The molecule has 2 aromatic rings. The summed E-state index contributed by atoms with van der Waals surface area (Å²) in [7, 11) is 0. The fourth-order valence-electron chi connectivity index (χ4n) is 2.09. The van der Waals surface area contributed by atoms with Crippen LogP contribution in [0.1, 0.15) is 28.8 Å². The van der Waals surface area contributed by atoms with Crippen LogP contribution in [0.25, 0.3) is 11.3 Å². The van der Waals surface area contributed by atoms with E-state index in [1.165, 1.54) is 6.07 Å². The van der Waals surface area contributed by atoms with E-state index in [9.17, 15) is 4.79 Å². The van der Waals surface area contributed by atoms with Crippen molar-refractivity contribution < 1.29 is 18.7 Å². The van der Waals surface area contributed by atoms with Gasteiger partial charge >= 0.3 is 5.97 Å². The van der Waals surface area contributed by atoms with Gasteiger partial charge in [0.05, 0.1) is 24.1 Å². The van der Waals surface area contributed by atoms with Gasteiger partial charge in [0.25, 0.3) is 0 Å². The number of rotatable bonds is 2. The van der Waals surface area contributed by atoms with Crippen molar-refractivity contribution in [2.24, 2.45) is 0 Å². The lowest BCUT2D eigenvalue weighted by Gasteiger charge is -2.12. The molecule has 3 rings (SSSR count). The third-order valence-corrected chi connectivity index (χ3v) is 2.93. The Balaban J connectivity index is 2.20. The SMILES string of the molecule is CCc1coc2c1-c1oc(C(=O)O)cc1NC2. The number of hydrogen-bond acceptors (Lipinski definition) is 4. The summed E-state index contributed by atoms with van der Waals surface area (Å²) in [4.78, 5) is 10.9. The molecule has 1 aliphatic heterocycles. The van der Waals surface area contributed by atoms with E-state index in [1.54, 1.807) is 6.26 Å². The highest BCUT2D eigenvalue weighted by Crippen LogP contribution is 2.41. The molecular weight excluding hydrogens is 222 g/mol. The number of aromatic carboxylic acids is 1. The summed E-state index contributed by atoms with van der Waals surface area (Å²) in [5.41, 5.74) is 2.65. The molecule has 2 aromatic heterocycles. The van der Waals surface area contributed by atoms with Crippen LogP contribution in [0.2, 0.25) is 0 Å². The molecule has 5 nitrogen and oxygen atoms in total. The molecule has 0 saturated carbocycles. The van der Waals surface area contributed by atoms with Crippen LogP contribution in [0.5, 0.6) is 0 Å². The number of carboxylic acid groups (broad SMARTS) is 1. The van der Waals surface area contributed by atoms with Gasteiger partial charge in [0.15, 0.2) is 5.76 Å². The van der Waals surface area contributed by atoms with Crippen molar-refractivity contribution in [3.63, 3.8) is 0 Å². The van der Waals surface area contributed by atoms with Gasteiger partial charge < -0.3 is 19.3 Å². The molecule has 5 heteroatoms. The first kappa shape index (κ1) is 10.0. The predicted octanol–water partition coefficient (Wildman–Crippen LogP) is 2.73. The molecule has 17 heavy (non-hydrogen) atoms. The summed E-state index contributed by atoms with van der Waals surface area (Å²) >= 11 is 0. The molecule has 3 heterocycles. The van der Waals surface area contributed by atoms with Crippen molar-refractivity contribution in [2.45, 2.75) is 19.9 Å². The highest BCUT2D eigenvalue weighted by atomic mass is 16.4. The standard InChI is InChI=1S/C12H11NO4/c1-2-6-5-16-9-4-13-7-3-8(12(14)15)17-11(7)10(6)9/h3,5,13H,2,4H2,1H3,(H,14,15). The third kappa shape index (κ3) is 1.35. The van der Waals surface area contributed by atoms with E-state index in [0.717, 1.165) is 23.3 Å². The Hall–Kier alpha value is -2.17. The topological polar surface area (TPSA) is 75.6 Å². The maximum absolute atomic E-state index is 10.9. The molecule has 0 radical (unpaired) electrons. The van der Waals surface area contributed by atoms with Gasteiger partial charge in [-0.1, -0.05) is 6.92 Å². The number of fused-ring (bicyclic) bond motifs is 3. The molecule has 2 N–H and O–H groups in total. The lowest BCUT2D eigenvalue weighted by atomic mass is 10.0. The average Bonchev–Trinajstić information content (AvgIpc) is 2.91. The Morgan fingerprint density at radius 2 is 2.41 bits per heavy atom. The van der Waals surface area contributed by atoms with Gasteiger partial charge in [0.1, 0.15) is 5.76 Å². The zero-order valence-corrected chi connectivity index (χ0v) is 9.24. The number of hydrogen-bond donors (Lipinski definition) is 2. The zero-order chi connectivity index (χ0) is 12.0. The first-order valence-electron chi connectivity index (χ1n) is 5.41. The smallest absolute Gasteiger partial charge is 0.371 e. The molecule has 0 unspecified atom stereocenters. The van der Waals surface area contributed by atoms with Gasteiger partial charge in [0.2, 0.25) is 5.76 Å². The zero-order valence-electron chi connectivity index (χ0n) is 9.24. The third-order valence-electron chi connectivity index (χ3n) is 2.93. The van der Waals surface area contributed by atoms with Crippen molar-refractivity contribution in [2.75, 3.05) is 5.32 Å². The Morgan fingerprint density at radius 1 is 1.59 bits per heavy atom.